The van der Waals surface area contributed by atoms with E-state index in [2.05, 4.69) is 45.0 Å². The van der Waals surface area contributed by atoms with Crippen LogP contribution in [-0.2, 0) is 17.6 Å². The standard InChI is InChI=1S/C19H21N5O2/c1-3-13-4-6-14(7-5-13)12-17(18-21-23-24-22-18)19(25)20-15-8-10-16(26-2)11-9-15/h4-11,17H,3,12H2,1-2H3,(H,20,25)(H,21,22,23,24)/t17-/m0/s1. The highest BCUT2D eigenvalue weighted by Gasteiger charge is 2.25. The lowest BCUT2D eigenvalue weighted by Crippen LogP contribution is -2.24. The molecule has 0 saturated heterocycles. The smallest absolute Gasteiger partial charge is 0.235 e. The summed E-state index contributed by atoms with van der Waals surface area (Å²) in [6.45, 7) is 2.11. The zero-order valence-corrected chi connectivity index (χ0v) is 14.8. The molecule has 1 amide bonds. The monoisotopic (exact) mass is 351 g/mol. The number of aryl methyl sites for hydroxylation is 1. The molecule has 7 nitrogen and oxygen atoms in total. The lowest BCUT2D eigenvalue weighted by atomic mass is 9.96. The number of nitrogens with one attached hydrogen (secondary N) is 2. The number of ether oxygens (including phenoxy) is 1. The van der Waals surface area contributed by atoms with Crippen LogP contribution in [0.25, 0.3) is 0 Å². The van der Waals surface area contributed by atoms with Gasteiger partial charge in [0.05, 0.1) is 7.11 Å². The van der Waals surface area contributed by atoms with Crippen molar-refractivity contribution in [3.8, 4) is 5.75 Å². The Balaban J connectivity index is 1.77. The second kappa shape index (κ2) is 8.24. The number of benzene rings is 2. The largest absolute Gasteiger partial charge is 0.497 e. The van der Waals surface area contributed by atoms with E-state index in [1.54, 1.807) is 31.4 Å². The van der Waals surface area contributed by atoms with E-state index in [9.17, 15) is 4.79 Å². The summed E-state index contributed by atoms with van der Waals surface area (Å²) in [4.78, 5) is 12.8. The average Bonchev–Trinajstić information content (AvgIpc) is 3.21. The van der Waals surface area contributed by atoms with Crippen molar-refractivity contribution < 1.29 is 9.53 Å². The van der Waals surface area contributed by atoms with Gasteiger partial charge in [-0.3, -0.25) is 4.79 Å². The summed E-state index contributed by atoms with van der Waals surface area (Å²) in [7, 11) is 1.60. The molecule has 0 aliphatic carbocycles. The fraction of sp³-hybridized carbons (Fsp3) is 0.263. The second-order valence-corrected chi connectivity index (χ2v) is 5.91. The maximum absolute atomic E-state index is 12.8. The molecule has 1 atom stereocenters. The molecule has 0 aliphatic heterocycles. The maximum atomic E-state index is 12.8. The number of tetrazole rings is 1. The number of rotatable bonds is 7. The molecule has 3 aromatic rings. The number of H-pyrrole nitrogens is 1. The first kappa shape index (κ1) is 17.6. The van der Waals surface area contributed by atoms with E-state index < -0.39 is 5.92 Å². The predicted octanol–water partition coefficient (Wildman–Crippen LogP) is 2.74. The van der Waals surface area contributed by atoms with Crippen molar-refractivity contribution in [2.24, 2.45) is 0 Å². The van der Waals surface area contributed by atoms with Crippen molar-refractivity contribution in [2.45, 2.75) is 25.7 Å². The summed E-state index contributed by atoms with van der Waals surface area (Å²) < 4.78 is 5.13. The summed E-state index contributed by atoms with van der Waals surface area (Å²) in [6, 6.07) is 15.4. The Hall–Kier alpha value is -3.22. The highest BCUT2D eigenvalue weighted by Crippen LogP contribution is 2.21. The highest BCUT2D eigenvalue weighted by atomic mass is 16.5. The number of carbonyl (C=O) groups is 1. The number of anilines is 1. The summed E-state index contributed by atoms with van der Waals surface area (Å²) >= 11 is 0. The summed E-state index contributed by atoms with van der Waals surface area (Å²) in [5.74, 6) is 0.378. The van der Waals surface area contributed by atoms with Crippen molar-refractivity contribution >= 4 is 11.6 Å². The van der Waals surface area contributed by atoms with Gasteiger partial charge in [0, 0.05) is 5.69 Å². The molecular weight excluding hydrogens is 330 g/mol. The first-order valence-corrected chi connectivity index (χ1v) is 8.45. The molecule has 2 N–H and O–H groups in total. The lowest BCUT2D eigenvalue weighted by Gasteiger charge is -2.14. The first-order chi connectivity index (χ1) is 12.7. The number of methoxy groups -OCH3 is 1. The number of aromatic nitrogens is 4. The van der Waals surface area contributed by atoms with Gasteiger partial charge in [0.25, 0.3) is 0 Å². The molecule has 1 aromatic heterocycles. The van der Waals surface area contributed by atoms with Crippen LogP contribution in [0.15, 0.2) is 48.5 Å². The average molecular weight is 351 g/mol. The van der Waals surface area contributed by atoms with Crippen molar-refractivity contribution in [3.05, 3.63) is 65.5 Å². The van der Waals surface area contributed by atoms with Gasteiger partial charge in [0.15, 0.2) is 5.82 Å². The molecule has 0 unspecified atom stereocenters. The van der Waals surface area contributed by atoms with Crippen LogP contribution < -0.4 is 10.1 Å². The Morgan fingerprint density at radius 1 is 1.12 bits per heavy atom. The molecule has 26 heavy (non-hydrogen) atoms. The Kier molecular flexibility index (Phi) is 5.58. The van der Waals surface area contributed by atoms with E-state index in [-0.39, 0.29) is 5.91 Å². The van der Waals surface area contributed by atoms with Gasteiger partial charge in [0.2, 0.25) is 5.91 Å². The van der Waals surface area contributed by atoms with Crippen LogP contribution >= 0.6 is 0 Å². The lowest BCUT2D eigenvalue weighted by molar-refractivity contribution is -0.117. The molecule has 0 fully saturated rings. The number of hydrogen-bond donors (Lipinski definition) is 2. The molecule has 0 radical (unpaired) electrons. The van der Waals surface area contributed by atoms with Crippen molar-refractivity contribution in [2.75, 3.05) is 12.4 Å². The minimum Gasteiger partial charge on any atom is -0.497 e. The molecule has 3 rings (SSSR count). The van der Waals surface area contributed by atoms with Gasteiger partial charge >= 0.3 is 0 Å². The van der Waals surface area contributed by atoms with Gasteiger partial charge in [-0.2, -0.15) is 5.21 Å². The van der Waals surface area contributed by atoms with Crippen LogP contribution in [-0.4, -0.2) is 33.6 Å². The Morgan fingerprint density at radius 2 is 1.81 bits per heavy atom. The topological polar surface area (TPSA) is 92.8 Å². The Morgan fingerprint density at radius 3 is 2.38 bits per heavy atom. The minimum atomic E-state index is -0.539. The molecule has 2 aromatic carbocycles. The van der Waals surface area contributed by atoms with E-state index in [0.717, 1.165) is 17.7 Å². The van der Waals surface area contributed by atoms with E-state index in [1.807, 2.05) is 12.1 Å². The van der Waals surface area contributed by atoms with E-state index in [4.69, 9.17) is 4.74 Å². The van der Waals surface area contributed by atoms with Gasteiger partial charge in [-0.1, -0.05) is 36.4 Å². The van der Waals surface area contributed by atoms with E-state index in [0.29, 0.717) is 17.9 Å². The van der Waals surface area contributed by atoms with Gasteiger partial charge in [-0.25, -0.2) is 0 Å². The fourth-order valence-corrected chi connectivity index (χ4v) is 2.67. The van der Waals surface area contributed by atoms with Crippen LogP contribution in [0.3, 0.4) is 0 Å². The number of nitrogens with zero attached hydrogens (tertiary/aromatic N) is 3. The molecule has 1 heterocycles. The third-order valence-corrected chi connectivity index (χ3v) is 4.22. The van der Waals surface area contributed by atoms with Crippen LogP contribution in [0.5, 0.6) is 5.75 Å². The number of hydrogen-bond acceptors (Lipinski definition) is 5. The third-order valence-electron chi connectivity index (χ3n) is 4.22. The van der Waals surface area contributed by atoms with Gasteiger partial charge in [-0.05, 0) is 48.2 Å². The van der Waals surface area contributed by atoms with Crippen LogP contribution in [0, 0.1) is 0 Å². The zero-order valence-electron chi connectivity index (χ0n) is 14.8. The number of amides is 1. The molecule has 7 heteroatoms. The van der Waals surface area contributed by atoms with Gasteiger partial charge in [0.1, 0.15) is 11.7 Å². The van der Waals surface area contributed by atoms with Gasteiger partial charge < -0.3 is 10.1 Å². The second-order valence-electron chi connectivity index (χ2n) is 5.91. The highest BCUT2D eigenvalue weighted by molar-refractivity contribution is 5.95. The minimum absolute atomic E-state index is 0.184. The summed E-state index contributed by atoms with van der Waals surface area (Å²) in [6.07, 6.45) is 1.47. The predicted molar refractivity (Wildman–Crippen MR) is 98.1 cm³/mol. The van der Waals surface area contributed by atoms with Crippen molar-refractivity contribution in [1.82, 2.24) is 20.6 Å². The number of aromatic amines is 1. The van der Waals surface area contributed by atoms with Crippen molar-refractivity contribution in [3.63, 3.8) is 0 Å². The molecule has 0 saturated carbocycles. The van der Waals surface area contributed by atoms with E-state index in [1.165, 1.54) is 5.56 Å². The Labute approximate surface area is 151 Å². The van der Waals surface area contributed by atoms with Crippen LogP contribution in [0.1, 0.15) is 29.8 Å². The fourth-order valence-electron chi connectivity index (χ4n) is 2.67. The number of carbonyl (C=O) groups excluding carboxylic acids is 1. The van der Waals surface area contributed by atoms with Crippen molar-refractivity contribution in [1.29, 1.82) is 0 Å². The summed E-state index contributed by atoms with van der Waals surface area (Å²) in [5, 5.41) is 16.9. The Bertz CT molecular complexity index is 829. The molecule has 0 spiro atoms. The van der Waals surface area contributed by atoms with E-state index >= 15 is 0 Å². The molecule has 0 bridgehead atoms. The maximum Gasteiger partial charge on any atom is 0.235 e. The third kappa shape index (κ3) is 4.24. The van der Waals surface area contributed by atoms with Gasteiger partial charge in [-0.15, -0.1) is 10.2 Å². The molecular formula is C19H21N5O2. The first-order valence-electron chi connectivity index (χ1n) is 8.45. The van der Waals surface area contributed by atoms with Crippen LogP contribution in [0.4, 0.5) is 5.69 Å². The zero-order chi connectivity index (χ0) is 18.4. The quantitative estimate of drug-likeness (QED) is 0.683. The SMILES string of the molecule is CCc1ccc(C[C@H](C(=O)Nc2ccc(OC)cc2)c2nn[nH]n2)cc1. The normalized spacial score (nSPS) is 11.8. The molecule has 134 valence electrons. The summed E-state index contributed by atoms with van der Waals surface area (Å²) in [5.41, 5.74) is 2.99. The van der Waals surface area contributed by atoms with Crippen LogP contribution in [0.2, 0.25) is 0 Å². The molecule has 0 aliphatic rings.